The Labute approximate surface area is 164 Å². The van der Waals surface area contributed by atoms with Gasteiger partial charge in [0.1, 0.15) is 0 Å². The highest BCUT2D eigenvalue weighted by atomic mass is 19.3. The van der Waals surface area contributed by atoms with E-state index in [0.717, 1.165) is 16.5 Å². The van der Waals surface area contributed by atoms with Crippen molar-refractivity contribution >= 4 is 23.6 Å². The van der Waals surface area contributed by atoms with E-state index in [1.165, 1.54) is 6.07 Å². The molecule has 4 nitrogen and oxygen atoms in total. The lowest BCUT2D eigenvalue weighted by atomic mass is 9.79. The van der Waals surface area contributed by atoms with Gasteiger partial charge in [0.15, 0.2) is 0 Å². The Hall–Kier alpha value is -2.12. The number of aryl methyl sites for hydroxylation is 1. The van der Waals surface area contributed by atoms with Gasteiger partial charge in [0, 0.05) is 12.6 Å². The number of hydrogen-bond acceptors (Lipinski definition) is 2. The summed E-state index contributed by atoms with van der Waals surface area (Å²) in [5, 5.41) is 0. The molecule has 0 aliphatic carbocycles. The molecule has 1 aliphatic rings. The molecule has 0 spiro atoms. The molecule has 0 radical (unpaired) electrons. The number of rotatable bonds is 4. The van der Waals surface area contributed by atoms with Crippen molar-refractivity contribution in [1.29, 1.82) is 0 Å². The average Bonchev–Trinajstić information content (AvgIpc) is 2.86. The minimum Gasteiger partial charge on any atom is -0.399 e. The molecule has 0 unspecified atom stereocenters. The molecule has 7 heteroatoms. The van der Waals surface area contributed by atoms with Crippen molar-refractivity contribution in [2.45, 2.75) is 51.9 Å². The Morgan fingerprint density at radius 2 is 1.57 bits per heavy atom. The smallest absolute Gasteiger partial charge is 0.399 e. The average molecular weight is 386 g/mol. The number of para-hydroxylation sites is 1. The van der Waals surface area contributed by atoms with Crippen LogP contribution in [0.5, 0.6) is 0 Å². The fourth-order valence-corrected chi connectivity index (χ4v) is 3.65. The number of alkyl halides is 2. The first-order valence-electron chi connectivity index (χ1n) is 9.47. The van der Waals surface area contributed by atoms with Crippen LogP contribution in [0.1, 0.15) is 45.2 Å². The summed E-state index contributed by atoms with van der Waals surface area (Å²) in [7, 11) is 1.42. The predicted molar refractivity (Wildman–Crippen MR) is 107 cm³/mol. The predicted octanol–water partition coefficient (Wildman–Crippen LogP) is 4.26. The lowest BCUT2D eigenvalue weighted by molar-refractivity contribution is 0.00578. The molecule has 28 heavy (non-hydrogen) atoms. The van der Waals surface area contributed by atoms with Crippen LogP contribution in [0.2, 0.25) is 0 Å². The first-order valence-corrected chi connectivity index (χ1v) is 9.47. The number of hydrogen-bond donors (Lipinski definition) is 0. The number of aromatic nitrogens is 2. The molecule has 1 fully saturated rings. The van der Waals surface area contributed by atoms with Gasteiger partial charge in [0.2, 0.25) is 0 Å². The Morgan fingerprint density at radius 3 is 2.14 bits per heavy atom. The monoisotopic (exact) mass is 386 g/mol. The summed E-state index contributed by atoms with van der Waals surface area (Å²) >= 11 is 0. The van der Waals surface area contributed by atoms with Crippen LogP contribution in [0.3, 0.4) is 0 Å². The van der Waals surface area contributed by atoms with Crippen molar-refractivity contribution in [2.75, 3.05) is 0 Å². The number of halogens is 2. The number of nitrogens with zero attached hydrogens (tertiary/aromatic N) is 2. The highest BCUT2D eigenvalue weighted by Crippen LogP contribution is 2.36. The van der Waals surface area contributed by atoms with Gasteiger partial charge in [-0.15, -0.1) is 0 Å². The summed E-state index contributed by atoms with van der Waals surface area (Å²) in [6.07, 6.45) is -2.47. The maximum absolute atomic E-state index is 13.2. The molecule has 2 heterocycles. The molecule has 0 saturated carbocycles. The molecule has 0 bridgehead atoms. The quantitative estimate of drug-likeness (QED) is 0.627. The zero-order valence-corrected chi connectivity index (χ0v) is 16.9. The van der Waals surface area contributed by atoms with E-state index in [-0.39, 0.29) is 23.9 Å². The zero-order chi connectivity index (χ0) is 20.3. The fraction of sp³-hybridized carbons (Fsp3) is 0.429. The first kappa shape index (κ1) is 19.2. The molecule has 2 aromatic carbocycles. The van der Waals surface area contributed by atoms with E-state index in [1.54, 1.807) is 10.7 Å². The molecule has 0 atom stereocenters. The van der Waals surface area contributed by atoms with Crippen molar-refractivity contribution in [1.82, 2.24) is 9.36 Å². The van der Waals surface area contributed by atoms with E-state index < -0.39 is 6.43 Å². The van der Waals surface area contributed by atoms with Crippen LogP contribution in [0.4, 0.5) is 8.78 Å². The second kappa shape index (κ2) is 6.46. The van der Waals surface area contributed by atoms with Gasteiger partial charge in [0.05, 0.1) is 28.8 Å². The number of fused-ring (bicyclic) bond motifs is 1. The van der Waals surface area contributed by atoms with Crippen LogP contribution < -0.4 is 5.46 Å². The second-order valence-corrected chi connectivity index (χ2v) is 8.43. The molecule has 3 aromatic rings. The lowest BCUT2D eigenvalue weighted by Crippen LogP contribution is -2.41. The Kier molecular flexibility index (Phi) is 4.43. The fourth-order valence-electron chi connectivity index (χ4n) is 3.65. The summed E-state index contributed by atoms with van der Waals surface area (Å²) < 4.78 is 42.4. The summed E-state index contributed by atoms with van der Waals surface area (Å²) in [6, 6.07) is 13.1. The van der Waals surface area contributed by atoms with E-state index in [0.29, 0.717) is 12.1 Å². The standard InChI is InChI=1S/C21H25BF2N2O2/c1-20(2)21(3,4)28-22(27-20)15-11-9-14(10-12-15)13-26-17-8-6-7-16(19(23)24)18(17)25(26)5/h6-12,19H,13H2,1-5H3. The maximum Gasteiger partial charge on any atom is 0.494 e. The third-order valence-electron chi connectivity index (χ3n) is 6.08. The van der Waals surface area contributed by atoms with Crippen molar-refractivity contribution in [3.63, 3.8) is 0 Å². The van der Waals surface area contributed by atoms with Gasteiger partial charge in [-0.3, -0.25) is 9.36 Å². The maximum atomic E-state index is 13.2. The van der Waals surface area contributed by atoms with E-state index in [4.69, 9.17) is 9.31 Å². The summed E-state index contributed by atoms with van der Waals surface area (Å²) in [4.78, 5) is 0. The highest BCUT2D eigenvalue weighted by molar-refractivity contribution is 6.62. The summed E-state index contributed by atoms with van der Waals surface area (Å²) in [5.74, 6) is 0. The SMILES string of the molecule is Cn1c2c(C(F)F)cccc2n1Cc1ccc(B2OC(C)(C)C(C)(C)O2)cc1. The first-order chi connectivity index (χ1) is 13.1. The van der Waals surface area contributed by atoms with Crippen LogP contribution in [0.15, 0.2) is 42.5 Å². The van der Waals surface area contributed by atoms with Gasteiger partial charge < -0.3 is 9.31 Å². The van der Waals surface area contributed by atoms with Crippen molar-refractivity contribution in [3.05, 3.63) is 53.6 Å². The topological polar surface area (TPSA) is 28.3 Å². The third-order valence-corrected chi connectivity index (χ3v) is 6.08. The molecular weight excluding hydrogens is 361 g/mol. The minimum atomic E-state index is -2.47. The van der Waals surface area contributed by atoms with Gasteiger partial charge in [-0.25, -0.2) is 8.78 Å². The molecule has 1 aliphatic heterocycles. The van der Waals surface area contributed by atoms with Gasteiger partial charge in [-0.1, -0.05) is 36.4 Å². The summed E-state index contributed by atoms with van der Waals surface area (Å²) in [5.41, 5.74) is 2.82. The molecule has 0 N–H and O–H groups in total. The largest absolute Gasteiger partial charge is 0.494 e. The van der Waals surface area contributed by atoms with Crippen LogP contribution >= 0.6 is 0 Å². The van der Waals surface area contributed by atoms with Crippen LogP contribution in [0, 0.1) is 0 Å². The number of benzene rings is 2. The van der Waals surface area contributed by atoms with Crippen LogP contribution in [-0.4, -0.2) is 27.7 Å². The molecule has 1 saturated heterocycles. The van der Waals surface area contributed by atoms with E-state index in [9.17, 15) is 8.78 Å². The van der Waals surface area contributed by atoms with Crippen LogP contribution in [0.25, 0.3) is 11.0 Å². The zero-order valence-electron chi connectivity index (χ0n) is 16.9. The summed E-state index contributed by atoms with van der Waals surface area (Å²) in [6.45, 7) is 8.75. The highest BCUT2D eigenvalue weighted by Gasteiger charge is 2.51. The Balaban J connectivity index is 1.54. The molecular formula is C21H25BF2N2O2. The van der Waals surface area contributed by atoms with E-state index in [1.807, 2.05) is 69.8 Å². The van der Waals surface area contributed by atoms with Gasteiger partial charge in [-0.05, 0) is 44.8 Å². The van der Waals surface area contributed by atoms with E-state index in [2.05, 4.69) is 0 Å². The van der Waals surface area contributed by atoms with Gasteiger partial charge >= 0.3 is 7.12 Å². The van der Waals surface area contributed by atoms with Crippen molar-refractivity contribution in [3.8, 4) is 0 Å². The normalized spacial score (nSPS) is 18.5. The molecule has 4 rings (SSSR count). The minimum absolute atomic E-state index is 0.0763. The second-order valence-electron chi connectivity index (χ2n) is 8.43. The lowest BCUT2D eigenvalue weighted by Gasteiger charge is -2.32. The van der Waals surface area contributed by atoms with Gasteiger partial charge in [-0.2, -0.15) is 0 Å². The van der Waals surface area contributed by atoms with E-state index >= 15 is 0 Å². The van der Waals surface area contributed by atoms with Crippen molar-refractivity contribution < 1.29 is 18.1 Å². The van der Waals surface area contributed by atoms with Gasteiger partial charge in [0.25, 0.3) is 6.43 Å². The third kappa shape index (κ3) is 2.97. The Bertz CT molecular complexity index is 990. The Morgan fingerprint density at radius 1 is 0.964 bits per heavy atom. The molecule has 0 amide bonds. The van der Waals surface area contributed by atoms with Crippen LogP contribution in [-0.2, 0) is 22.9 Å². The molecule has 148 valence electrons. The molecule has 1 aromatic heterocycles. The van der Waals surface area contributed by atoms with Crippen molar-refractivity contribution in [2.24, 2.45) is 7.05 Å².